The third-order valence-electron chi connectivity index (χ3n) is 3.65. The van der Waals surface area contributed by atoms with E-state index in [0.29, 0.717) is 19.1 Å². The Morgan fingerprint density at radius 1 is 1.26 bits per heavy atom. The minimum absolute atomic E-state index is 0.167. The molecule has 0 spiro atoms. The molecule has 3 atom stereocenters. The lowest BCUT2D eigenvalue weighted by molar-refractivity contribution is -0.0569. The van der Waals surface area contributed by atoms with Crippen LogP contribution in [0.2, 0.25) is 0 Å². The standard InChI is InChI=1S/C15H31NO3/c1-15(2,3)19-11-13(17)10-16(4)9-12-7-5-6-8-14(12)18/h12-14,17-18H,5-11H2,1-4H3. The van der Waals surface area contributed by atoms with E-state index in [4.69, 9.17) is 4.74 Å². The van der Waals surface area contributed by atoms with Gasteiger partial charge in [0.1, 0.15) is 0 Å². The monoisotopic (exact) mass is 273 g/mol. The number of ether oxygens (including phenoxy) is 1. The SMILES string of the molecule is CN(CC(O)COC(C)(C)C)CC1CCCCC1O. The van der Waals surface area contributed by atoms with Crippen molar-refractivity contribution in [3.05, 3.63) is 0 Å². The highest BCUT2D eigenvalue weighted by Gasteiger charge is 2.24. The van der Waals surface area contributed by atoms with Crippen LogP contribution in [0.25, 0.3) is 0 Å². The summed E-state index contributed by atoms with van der Waals surface area (Å²) in [6, 6.07) is 0. The minimum atomic E-state index is -0.468. The lowest BCUT2D eigenvalue weighted by atomic mass is 9.86. The van der Waals surface area contributed by atoms with E-state index >= 15 is 0 Å². The van der Waals surface area contributed by atoms with E-state index in [1.54, 1.807) is 0 Å². The summed E-state index contributed by atoms with van der Waals surface area (Å²) in [6.07, 6.45) is 3.74. The zero-order chi connectivity index (χ0) is 14.5. The summed E-state index contributed by atoms with van der Waals surface area (Å²) in [7, 11) is 2.00. The molecule has 114 valence electrons. The molecule has 0 bridgehead atoms. The molecule has 19 heavy (non-hydrogen) atoms. The van der Waals surface area contributed by atoms with Crippen molar-refractivity contribution in [2.75, 3.05) is 26.7 Å². The van der Waals surface area contributed by atoms with Crippen LogP contribution in [0.3, 0.4) is 0 Å². The molecular weight excluding hydrogens is 242 g/mol. The second-order valence-electron chi connectivity index (χ2n) is 6.91. The number of aliphatic hydroxyl groups excluding tert-OH is 2. The van der Waals surface area contributed by atoms with Crippen LogP contribution in [0.4, 0.5) is 0 Å². The van der Waals surface area contributed by atoms with Gasteiger partial charge in [0, 0.05) is 13.1 Å². The average Bonchev–Trinajstić information content (AvgIpc) is 2.29. The summed E-state index contributed by atoms with van der Waals surface area (Å²) in [5.74, 6) is 0.356. The minimum Gasteiger partial charge on any atom is -0.393 e. The van der Waals surface area contributed by atoms with Crippen molar-refractivity contribution < 1.29 is 14.9 Å². The molecule has 0 saturated heterocycles. The van der Waals surface area contributed by atoms with Crippen LogP contribution in [0.15, 0.2) is 0 Å². The lowest BCUT2D eigenvalue weighted by Gasteiger charge is -2.32. The van der Waals surface area contributed by atoms with Gasteiger partial charge in [-0.1, -0.05) is 12.8 Å². The third kappa shape index (κ3) is 7.25. The van der Waals surface area contributed by atoms with Crippen molar-refractivity contribution in [1.82, 2.24) is 4.90 Å². The Kier molecular flexibility index (Phi) is 6.74. The Hall–Kier alpha value is -0.160. The zero-order valence-corrected chi connectivity index (χ0v) is 12.9. The van der Waals surface area contributed by atoms with Crippen molar-refractivity contribution in [1.29, 1.82) is 0 Å². The smallest absolute Gasteiger partial charge is 0.0900 e. The summed E-state index contributed by atoms with van der Waals surface area (Å²) in [5, 5.41) is 19.9. The van der Waals surface area contributed by atoms with E-state index in [0.717, 1.165) is 25.8 Å². The van der Waals surface area contributed by atoms with Crippen molar-refractivity contribution in [2.45, 2.75) is 64.3 Å². The lowest BCUT2D eigenvalue weighted by Crippen LogP contribution is -2.40. The predicted molar refractivity (Wildman–Crippen MR) is 77.2 cm³/mol. The molecule has 0 amide bonds. The maximum atomic E-state index is 9.95. The molecule has 3 unspecified atom stereocenters. The highest BCUT2D eigenvalue weighted by Crippen LogP contribution is 2.24. The van der Waals surface area contributed by atoms with Gasteiger partial charge in [-0.15, -0.1) is 0 Å². The summed E-state index contributed by atoms with van der Waals surface area (Å²) >= 11 is 0. The van der Waals surface area contributed by atoms with E-state index in [-0.39, 0.29) is 11.7 Å². The number of nitrogens with zero attached hydrogens (tertiary/aromatic N) is 1. The summed E-state index contributed by atoms with van der Waals surface area (Å²) in [6.45, 7) is 7.78. The van der Waals surface area contributed by atoms with Gasteiger partial charge in [-0.05, 0) is 46.6 Å². The predicted octanol–water partition coefficient (Wildman–Crippen LogP) is 1.65. The van der Waals surface area contributed by atoms with E-state index in [9.17, 15) is 10.2 Å². The first kappa shape index (κ1) is 16.9. The summed E-state index contributed by atoms with van der Waals surface area (Å²) in [4.78, 5) is 2.11. The van der Waals surface area contributed by atoms with Gasteiger partial charge in [-0.3, -0.25) is 0 Å². The van der Waals surface area contributed by atoms with Gasteiger partial charge >= 0.3 is 0 Å². The molecule has 2 N–H and O–H groups in total. The molecule has 1 aliphatic carbocycles. The second kappa shape index (κ2) is 7.58. The fourth-order valence-corrected chi connectivity index (χ4v) is 2.63. The topological polar surface area (TPSA) is 52.9 Å². The van der Waals surface area contributed by atoms with Crippen molar-refractivity contribution >= 4 is 0 Å². The maximum absolute atomic E-state index is 9.95. The van der Waals surface area contributed by atoms with Gasteiger partial charge in [0.25, 0.3) is 0 Å². The van der Waals surface area contributed by atoms with Gasteiger partial charge in [0.2, 0.25) is 0 Å². The van der Waals surface area contributed by atoms with Crippen LogP contribution in [0, 0.1) is 5.92 Å². The molecule has 0 aromatic heterocycles. The summed E-state index contributed by atoms with van der Waals surface area (Å²) < 4.78 is 5.58. The normalized spacial score (nSPS) is 26.7. The van der Waals surface area contributed by atoms with E-state index in [2.05, 4.69) is 4.90 Å². The Balaban J connectivity index is 2.24. The molecule has 0 radical (unpaired) electrons. The van der Waals surface area contributed by atoms with Gasteiger partial charge < -0.3 is 19.8 Å². The second-order valence-corrected chi connectivity index (χ2v) is 6.91. The van der Waals surface area contributed by atoms with Crippen LogP contribution >= 0.6 is 0 Å². The highest BCUT2D eigenvalue weighted by atomic mass is 16.5. The van der Waals surface area contributed by atoms with Gasteiger partial charge in [0.05, 0.1) is 24.4 Å². The Bertz CT molecular complexity index is 252. The molecule has 4 heteroatoms. The molecule has 1 rings (SSSR count). The average molecular weight is 273 g/mol. The van der Waals surface area contributed by atoms with Gasteiger partial charge in [-0.25, -0.2) is 0 Å². The molecule has 1 saturated carbocycles. The van der Waals surface area contributed by atoms with Crippen LogP contribution in [-0.4, -0.2) is 59.7 Å². The molecule has 0 aromatic rings. The molecule has 0 heterocycles. The first-order chi connectivity index (χ1) is 8.78. The number of hydrogen-bond acceptors (Lipinski definition) is 4. The van der Waals surface area contributed by atoms with Crippen molar-refractivity contribution in [3.8, 4) is 0 Å². The number of aliphatic hydroxyl groups is 2. The quantitative estimate of drug-likeness (QED) is 0.772. The largest absolute Gasteiger partial charge is 0.393 e. The first-order valence-electron chi connectivity index (χ1n) is 7.46. The maximum Gasteiger partial charge on any atom is 0.0900 e. The number of rotatable bonds is 6. The van der Waals surface area contributed by atoms with Gasteiger partial charge in [0.15, 0.2) is 0 Å². The van der Waals surface area contributed by atoms with Gasteiger partial charge in [-0.2, -0.15) is 0 Å². The zero-order valence-electron chi connectivity index (χ0n) is 12.9. The van der Waals surface area contributed by atoms with Crippen molar-refractivity contribution in [2.24, 2.45) is 5.92 Å². The number of likely N-dealkylation sites (N-methyl/N-ethyl adjacent to an activating group) is 1. The van der Waals surface area contributed by atoms with Crippen LogP contribution in [0.5, 0.6) is 0 Å². The number of hydrogen-bond donors (Lipinski definition) is 2. The molecular formula is C15H31NO3. The Morgan fingerprint density at radius 3 is 2.47 bits per heavy atom. The summed E-state index contributed by atoms with van der Waals surface area (Å²) in [5.41, 5.74) is -0.209. The van der Waals surface area contributed by atoms with E-state index in [1.807, 2.05) is 27.8 Å². The van der Waals surface area contributed by atoms with Crippen LogP contribution in [-0.2, 0) is 4.74 Å². The fraction of sp³-hybridized carbons (Fsp3) is 1.00. The Labute approximate surface area is 117 Å². The first-order valence-corrected chi connectivity index (χ1v) is 7.46. The molecule has 0 aromatic carbocycles. The highest BCUT2D eigenvalue weighted by molar-refractivity contribution is 4.77. The molecule has 1 fully saturated rings. The van der Waals surface area contributed by atoms with E-state index in [1.165, 1.54) is 6.42 Å². The van der Waals surface area contributed by atoms with Crippen molar-refractivity contribution in [3.63, 3.8) is 0 Å². The fourth-order valence-electron chi connectivity index (χ4n) is 2.63. The molecule has 0 aliphatic heterocycles. The third-order valence-corrected chi connectivity index (χ3v) is 3.65. The van der Waals surface area contributed by atoms with E-state index < -0.39 is 6.10 Å². The molecule has 1 aliphatic rings. The van der Waals surface area contributed by atoms with Crippen LogP contribution < -0.4 is 0 Å². The molecule has 4 nitrogen and oxygen atoms in total. The Morgan fingerprint density at radius 2 is 1.89 bits per heavy atom. The van der Waals surface area contributed by atoms with Crippen LogP contribution in [0.1, 0.15) is 46.5 Å².